The third-order valence-electron chi connectivity index (χ3n) is 2.78. The Labute approximate surface area is 119 Å². The zero-order valence-corrected chi connectivity index (χ0v) is 12.4. The van der Waals surface area contributed by atoms with Crippen LogP contribution >= 0.6 is 0 Å². The Kier molecular flexibility index (Phi) is 7.51. The van der Waals surface area contributed by atoms with Crippen LogP contribution in [-0.4, -0.2) is 43.7 Å². The molecule has 1 atom stereocenters. The maximum atomic E-state index is 13.3. The summed E-state index contributed by atoms with van der Waals surface area (Å²) in [4.78, 5) is 0. The summed E-state index contributed by atoms with van der Waals surface area (Å²) in [7, 11) is 0. The summed E-state index contributed by atoms with van der Waals surface area (Å²) in [5.41, 5.74) is 1.23. The molecule has 2 N–H and O–H groups in total. The third-order valence-corrected chi connectivity index (χ3v) is 2.78. The van der Waals surface area contributed by atoms with Gasteiger partial charge in [-0.1, -0.05) is 6.07 Å². The van der Waals surface area contributed by atoms with Crippen molar-refractivity contribution in [2.24, 2.45) is 0 Å². The molecule has 5 heteroatoms. The van der Waals surface area contributed by atoms with Crippen LogP contribution in [-0.2, 0) is 9.47 Å². The third kappa shape index (κ3) is 6.32. The standard InChI is InChI=1S/C15H24FNO3/c1-11(2)20-8-7-19-10-13(18)9-17-15-6-4-5-14(16)12(15)3/h4-6,11,13,17-18H,7-10H2,1-3H3. The second-order valence-corrected chi connectivity index (χ2v) is 4.94. The molecule has 114 valence electrons. The van der Waals surface area contributed by atoms with Crippen LogP contribution in [0.5, 0.6) is 0 Å². The van der Waals surface area contributed by atoms with Gasteiger partial charge in [-0.15, -0.1) is 0 Å². The lowest BCUT2D eigenvalue weighted by Gasteiger charge is -2.15. The summed E-state index contributed by atoms with van der Waals surface area (Å²) in [5, 5.41) is 12.8. The summed E-state index contributed by atoms with van der Waals surface area (Å²) in [6, 6.07) is 4.83. The van der Waals surface area contributed by atoms with Gasteiger partial charge in [0, 0.05) is 17.8 Å². The van der Waals surface area contributed by atoms with Crippen molar-refractivity contribution in [3.05, 3.63) is 29.6 Å². The Morgan fingerprint density at radius 1 is 1.30 bits per heavy atom. The average molecular weight is 285 g/mol. The van der Waals surface area contributed by atoms with Gasteiger partial charge in [0.15, 0.2) is 0 Å². The molecule has 1 aromatic rings. The highest BCUT2D eigenvalue weighted by molar-refractivity contribution is 5.50. The number of nitrogens with one attached hydrogen (secondary N) is 1. The highest BCUT2D eigenvalue weighted by Crippen LogP contribution is 2.17. The topological polar surface area (TPSA) is 50.7 Å². The Hall–Kier alpha value is -1.17. The Bertz CT molecular complexity index is 399. The first kappa shape index (κ1) is 16.9. The first-order chi connectivity index (χ1) is 9.50. The van der Waals surface area contributed by atoms with E-state index in [2.05, 4.69) is 5.32 Å². The fraction of sp³-hybridized carbons (Fsp3) is 0.600. The maximum Gasteiger partial charge on any atom is 0.128 e. The van der Waals surface area contributed by atoms with E-state index in [1.54, 1.807) is 19.1 Å². The van der Waals surface area contributed by atoms with E-state index < -0.39 is 6.10 Å². The van der Waals surface area contributed by atoms with Gasteiger partial charge in [0.05, 0.1) is 32.0 Å². The Morgan fingerprint density at radius 2 is 2.05 bits per heavy atom. The van der Waals surface area contributed by atoms with Crippen LogP contribution in [0.3, 0.4) is 0 Å². The van der Waals surface area contributed by atoms with E-state index in [4.69, 9.17) is 9.47 Å². The van der Waals surface area contributed by atoms with Crippen LogP contribution in [0.25, 0.3) is 0 Å². The van der Waals surface area contributed by atoms with Crippen molar-refractivity contribution >= 4 is 5.69 Å². The second-order valence-electron chi connectivity index (χ2n) is 4.94. The summed E-state index contributed by atoms with van der Waals surface area (Å²) < 4.78 is 23.9. The Balaban J connectivity index is 2.19. The molecular weight excluding hydrogens is 261 g/mol. The number of aliphatic hydroxyl groups excluding tert-OH is 1. The van der Waals surface area contributed by atoms with Gasteiger partial charge < -0.3 is 19.9 Å². The van der Waals surface area contributed by atoms with Gasteiger partial charge in [-0.2, -0.15) is 0 Å². The minimum Gasteiger partial charge on any atom is -0.389 e. The molecule has 0 fully saturated rings. The monoisotopic (exact) mass is 285 g/mol. The molecule has 0 spiro atoms. The van der Waals surface area contributed by atoms with Crippen molar-refractivity contribution in [1.82, 2.24) is 0 Å². The van der Waals surface area contributed by atoms with Crippen molar-refractivity contribution in [3.63, 3.8) is 0 Å². The van der Waals surface area contributed by atoms with E-state index in [1.807, 2.05) is 13.8 Å². The average Bonchev–Trinajstić information content (AvgIpc) is 2.39. The number of aliphatic hydroxyl groups is 1. The first-order valence-electron chi connectivity index (χ1n) is 6.87. The molecule has 1 aromatic carbocycles. The molecule has 0 saturated carbocycles. The van der Waals surface area contributed by atoms with Gasteiger partial charge >= 0.3 is 0 Å². The fourth-order valence-electron chi connectivity index (χ4n) is 1.65. The smallest absolute Gasteiger partial charge is 0.128 e. The zero-order chi connectivity index (χ0) is 15.0. The Morgan fingerprint density at radius 3 is 2.75 bits per heavy atom. The summed E-state index contributed by atoms with van der Waals surface area (Å²) >= 11 is 0. The molecule has 1 rings (SSSR count). The summed E-state index contributed by atoms with van der Waals surface area (Å²) in [6.07, 6.45) is -0.460. The SMILES string of the molecule is Cc1c(F)cccc1NCC(O)COCCOC(C)C. The van der Waals surface area contributed by atoms with E-state index in [0.29, 0.717) is 31.0 Å². The quantitative estimate of drug-likeness (QED) is 0.684. The van der Waals surface area contributed by atoms with Gasteiger partial charge in [0.25, 0.3) is 0 Å². The molecule has 0 aliphatic heterocycles. The summed E-state index contributed by atoms with van der Waals surface area (Å²) in [5.74, 6) is -0.258. The predicted molar refractivity (Wildman–Crippen MR) is 77.5 cm³/mol. The first-order valence-corrected chi connectivity index (χ1v) is 6.87. The number of rotatable bonds is 9. The second kappa shape index (κ2) is 8.89. The van der Waals surface area contributed by atoms with Gasteiger partial charge in [0.1, 0.15) is 5.82 Å². The van der Waals surface area contributed by atoms with Crippen LogP contribution in [0.15, 0.2) is 18.2 Å². The molecule has 4 nitrogen and oxygen atoms in total. The van der Waals surface area contributed by atoms with E-state index in [9.17, 15) is 9.50 Å². The summed E-state index contributed by atoms with van der Waals surface area (Å²) in [6.45, 7) is 7.12. The number of hydrogen-bond acceptors (Lipinski definition) is 4. The lowest BCUT2D eigenvalue weighted by atomic mass is 10.2. The zero-order valence-electron chi connectivity index (χ0n) is 12.4. The normalized spacial score (nSPS) is 12.7. The minimum absolute atomic E-state index is 0.182. The highest BCUT2D eigenvalue weighted by atomic mass is 19.1. The van der Waals surface area contributed by atoms with Crippen molar-refractivity contribution in [1.29, 1.82) is 0 Å². The van der Waals surface area contributed by atoms with Crippen LogP contribution in [0.1, 0.15) is 19.4 Å². The van der Waals surface area contributed by atoms with Crippen LogP contribution < -0.4 is 5.32 Å². The molecule has 0 amide bonds. The molecule has 20 heavy (non-hydrogen) atoms. The number of halogens is 1. The van der Waals surface area contributed by atoms with Gasteiger partial charge in [-0.05, 0) is 32.9 Å². The molecule has 0 bridgehead atoms. The number of ether oxygens (including phenoxy) is 2. The van der Waals surface area contributed by atoms with Gasteiger partial charge in [0.2, 0.25) is 0 Å². The minimum atomic E-state index is -0.642. The lowest BCUT2D eigenvalue weighted by molar-refractivity contribution is -0.00734. The number of hydrogen-bond donors (Lipinski definition) is 2. The largest absolute Gasteiger partial charge is 0.389 e. The molecule has 0 aliphatic carbocycles. The molecule has 0 aliphatic rings. The van der Waals surface area contributed by atoms with Gasteiger partial charge in [-0.3, -0.25) is 0 Å². The van der Waals surface area contributed by atoms with Crippen LogP contribution in [0.4, 0.5) is 10.1 Å². The lowest BCUT2D eigenvalue weighted by Crippen LogP contribution is -2.26. The molecular formula is C15H24FNO3. The highest BCUT2D eigenvalue weighted by Gasteiger charge is 2.07. The van der Waals surface area contributed by atoms with Crippen molar-refractivity contribution in [3.8, 4) is 0 Å². The molecule has 1 unspecified atom stereocenters. The van der Waals surface area contributed by atoms with Crippen molar-refractivity contribution in [2.45, 2.75) is 33.0 Å². The molecule has 0 radical (unpaired) electrons. The van der Waals surface area contributed by atoms with Crippen molar-refractivity contribution < 1.29 is 19.0 Å². The van der Waals surface area contributed by atoms with Crippen LogP contribution in [0.2, 0.25) is 0 Å². The molecule has 0 aromatic heterocycles. The van der Waals surface area contributed by atoms with Gasteiger partial charge in [-0.25, -0.2) is 4.39 Å². The van der Waals surface area contributed by atoms with Crippen LogP contribution in [0, 0.1) is 12.7 Å². The maximum absolute atomic E-state index is 13.3. The fourth-order valence-corrected chi connectivity index (χ4v) is 1.65. The number of benzene rings is 1. The molecule has 0 saturated heterocycles. The predicted octanol–water partition coefficient (Wildman–Crippen LogP) is 2.35. The van der Waals surface area contributed by atoms with E-state index in [-0.39, 0.29) is 18.5 Å². The van der Waals surface area contributed by atoms with Crippen molar-refractivity contribution in [2.75, 3.05) is 31.7 Å². The number of anilines is 1. The molecule has 0 heterocycles. The van der Waals surface area contributed by atoms with E-state index in [0.717, 1.165) is 0 Å². The van der Waals surface area contributed by atoms with E-state index >= 15 is 0 Å². The van der Waals surface area contributed by atoms with E-state index in [1.165, 1.54) is 6.07 Å².